The first kappa shape index (κ1) is 35.6. The van der Waals surface area contributed by atoms with E-state index >= 15 is 0 Å². The summed E-state index contributed by atoms with van der Waals surface area (Å²) in [7, 11) is -3.49. The van der Waals surface area contributed by atoms with Crippen LogP contribution in [0.25, 0.3) is 0 Å². The Balaban J connectivity index is -0.000000137. The van der Waals surface area contributed by atoms with Gasteiger partial charge in [-0.25, -0.2) is 0 Å². The van der Waals surface area contributed by atoms with Crippen LogP contribution in [0.2, 0.25) is 0 Å². The average Bonchev–Trinajstić information content (AvgIpc) is 2.67. The molecule has 3 N–H and O–H groups in total. The normalized spacial score (nSPS) is 10.9. The lowest BCUT2D eigenvalue weighted by Gasteiger charge is -2.13. The van der Waals surface area contributed by atoms with Crippen LogP contribution < -0.4 is 0 Å². The van der Waals surface area contributed by atoms with E-state index in [0.29, 0.717) is 0 Å². The Kier molecular flexibility index (Phi) is 32.1. The Morgan fingerprint density at radius 1 is 0.464 bits per heavy atom. The second-order valence-corrected chi connectivity index (χ2v) is 8.83. The van der Waals surface area contributed by atoms with Crippen molar-refractivity contribution >= 4 is 7.94 Å². The van der Waals surface area contributed by atoms with E-state index in [1.165, 1.54) is 58.9 Å². The monoisotopic (exact) mass is 428 g/mol. The summed E-state index contributed by atoms with van der Waals surface area (Å²) in [6.07, 6.45) is 0. The highest BCUT2D eigenvalue weighted by molar-refractivity contribution is 7.59. The van der Waals surface area contributed by atoms with Crippen LogP contribution in [-0.2, 0) is 0 Å². The molecule has 0 saturated carbocycles. The van der Waals surface area contributed by atoms with Crippen LogP contribution in [-0.4, -0.2) is 93.9 Å². The lowest BCUT2D eigenvalue weighted by molar-refractivity contribution is 0.320. The number of hydrogen-bond acceptors (Lipinski definition) is 6. The van der Waals surface area contributed by atoms with Crippen LogP contribution in [0.15, 0.2) is 0 Å². The molecule has 28 heavy (non-hydrogen) atoms. The minimum Gasteiger partial charge on any atom is -0.304 e. The van der Waals surface area contributed by atoms with E-state index < -0.39 is 13.6 Å². The van der Waals surface area contributed by atoms with E-state index in [2.05, 4.69) is 77.0 Å². The van der Waals surface area contributed by atoms with Crippen LogP contribution in [0.5, 0.6) is 0 Å². The molecule has 0 rings (SSSR count). The van der Waals surface area contributed by atoms with Crippen LogP contribution in [0.3, 0.4) is 0 Å². The Morgan fingerprint density at radius 2 is 0.571 bits per heavy atom. The molecule has 0 aliphatic heterocycles. The Bertz CT molecular complexity index is 221. The van der Waals surface area contributed by atoms with Crippen molar-refractivity contribution in [2.45, 2.75) is 81.8 Å². The maximum atomic E-state index is 8.32. The smallest absolute Gasteiger partial charge is 0.304 e. The van der Waals surface area contributed by atoms with Gasteiger partial charge in [0.1, 0.15) is 5.66 Å². The lowest BCUT2D eigenvalue weighted by atomic mass is 10.5. The lowest BCUT2D eigenvalue weighted by Crippen LogP contribution is -2.21. The van der Waals surface area contributed by atoms with Crippen molar-refractivity contribution in [1.29, 1.82) is 0 Å². The first-order valence-electron chi connectivity index (χ1n) is 11.2. The molecule has 176 valence electrons. The molecule has 0 spiro atoms. The van der Waals surface area contributed by atoms with Crippen LogP contribution in [0.1, 0.15) is 76.2 Å². The maximum Gasteiger partial charge on any atom is 0.406 e. The molecule has 0 aromatic carbocycles. The molecule has 0 fully saturated rings. The van der Waals surface area contributed by atoms with Gasteiger partial charge in [-0.3, -0.25) is 0 Å². The molecule has 0 saturated heterocycles. The van der Waals surface area contributed by atoms with Crippen molar-refractivity contribution in [3.8, 4) is 0 Å². The van der Waals surface area contributed by atoms with E-state index in [4.69, 9.17) is 14.7 Å². The third-order valence-electron chi connectivity index (χ3n) is 4.72. The average molecular weight is 429 g/mol. The quantitative estimate of drug-likeness (QED) is 0.454. The molecule has 0 unspecified atom stereocenters. The molecular weight excluding hydrogens is 373 g/mol. The maximum absolute atomic E-state index is 8.32. The molecule has 0 aliphatic rings. The molecule has 7 heteroatoms. The van der Waals surface area contributed by atoms with Crippen LogP contribution >= 0.6 is 7.94 Å². The first-order valence-corrected chi connectivity index (χ1v) is 12.9. The molecule has 0 aromatic heterocycles. The van der Waals surface area contributed by atoms with Gasteiger partial charge in [-0.2, -0.15) is 14.7 Å². The molecule has 0 amide bonds. The van der Waals surface area contributed by atoms with Gasteiger partial charge in [0, 0.05) is 0 Å². The van der Waals surface area contributed by atoms with Gasteiger partial charge >= 0.3 is 7.94 Å². The largest absolute Gasteiger partial charge is 0.406 e. The summed E-state index contributed by atoms with van der Waals surface area (Å²) in [6, 6.07) is 0. The Labute approximate surface area is 178 Å². The van der Waals surface area contributed by atoms with Crippen molar-refractivity contribution in [2.75, 3.05) is 58.9 Å². The highest BCUT2D eigenvalue weighted by Crippen LogP contribution is 2.49. The summed E-state index contributed by atoms with van der Waals surface area (Å²) >= 11 is 0. The summed E-state index contributed by atoms with van der Waals surface area (Å²) < 4.78 is 0. The van der Waals surface area contributed by atoms with Gasteiger partial charge in [0.15, 0.2) is 0 Å². The van der Waals surface area contributed by atoms with Gasteiger partial charge in [-0.1, -0.05) is 62.3 Å². The molecule has 0 atom stereocenters. The molecule has 0 radical (unpaired) electrons. The summed E-state index contributed by atoms with van der Waals surface area (Å²) in [4.78, 5) is 32.1. The van der Waals surface area contributed by atoms with Gasteiger partial charge in [-0.15, -0.1) is 0 Å². The third kappa shape index (κ3) is 28.4. The minimum atomic E-state index is -3.49. The fourth-order valence-electron chi connectivity index (χ4n) is 2.01. The second-order valence-electron chi connectivity index (χ2n) is 6.57. The molecular formula is C21H55N3O3P+. The summed E-state index contributed by atoms with van der Waals surface area (Å²) in [5.41, 5.74) is -0.424. The third-order valence-corrected chi connectivity index (χ3v) is 6.10. The summed E-state index contributed by atoms with van der Waals surface area (Å²) in [5.74, 6) is 0. The standard InChI is InChI=1S/3C6H15N.C3H10O3P/c3*1-4-7(5-2)6-3;1-3(2)7(4,5)6/h3*4-6H2,1-3H3;3-6H,1-2H3/q;;;+1. The zero-order valence-electron chi connectivity index (χ0n) is 21.1. The fourth-order valence-corrected chi connectivity index (χ4v) is 2.01. The Hall–Kier alpha value is 0.190. The van der Waals surface area contributed by atoms with Crippen LogP contribution in [0.4, 0.5) is 0 Å². The summed E-state index contributed by atoms with van der Waals surface area (Å²) in [5, 5.41) is 0. The van der Waals surface area contributed by atoms with Gasteiger partial charge in [0.25, 0.3) is 0 Å². The predicted octanol–water partition coefficient (Wildman–Crippen LogP) is 4.18. The molecule has 0 bridgehead atoms. The zero-order chi connectivity index (χ0) is 23.2. The highest BCUT2D eigenvalue weighted by atomic mass is 31.2. The van der Waals surface area contributed by atoms with Crippen molar-refractivity contribution in [1.82, 2.24) is 14.7 Å². The SMILES string of the molecule is CC(C)[P+](O)(O)O.CCN(CC)CC.CCN(CC)CC.CCN(CC)CC. The van der Waals surface area contributed by atoms with E-state index in [0.717, 1.165) is 0 Å². The van der Waals surface area contributed by atoms with Gasteiger partial charge in [-0.05, 0) is 72.8 Å². The van der Waals surface area contributed by atoms with Crippen LogP contribution in [0, 0.1) is 0 Å². The molecule has 0 aliphatic carbocycles. The van der Waals surface area contributed by atoms with E-state index in [1.54, 1.807) is 13.8 Å². The number of hydrogen-bond donors (Lipinski definition) is 3. The van der Waals surface area contributed by atoms with E-state index in [9.17, 15) is 0 Å². The Morgan fingerprint density at radius 3 is 0.571 bits per heavy atom. The first-order chi connectivity index (χ1) is 13.0. The van der Waals surface area contributed by atoms with Gasteiger partial charge < -0.3 is 14.7 Å². The minimum absolute atomic E-state index is 0.424. The number of rotatable bonds is 10. The van der Waals surface area contributed by atoms with E-state index in [1.807, 2.05) is 0 Å². The topological polar surface area (TPSA) is 70.4 Å². The zero-order valence-corrected chi connectivity index (χ0v) is 22.0. The molecule has 0 aromatic rings. The number of nitrogens with zero attached hydrogens (tertiary/aromatic N) is 3. The second kappa shape index (κ2) is 25.2. The van der Waals surface area contributed by atoms with Crippen molar-refractivity contribution in [3.63, 3.8) is 0 Å². The van der Waals surface area contributed by atoms with Crippen molar-refractivity contribution in [3.05, 3.63) is 0 Å². The van der Waals surface area contributed by atoms with Crippen molar-refractivity contribution < 1.29 is 14.7 Å². The van der Waals surface area contributed by atoms with Gasteiger partial charge in [0.2, 0.25) is 0 Å². The predicted molar refractivity (Wildman–Crippen MR) is 129 cm³/mol. The van der Waals surface area contributed by atoms with Crippen molar-refractivity contribution in [2.24, 2.45) is 0 Å². The van der Waals surface area contributed by atoms with Gasteiger partial charge in [0.05, 0.1) is 0 Å². The fraction of sp³-hybridized carbons (Fsp3) is 1.00. The molecule has 0 heterocycles. The van der Waals surface area contributed by atoms with E-state index in [-0.39, 0.29) is 0 Å². The highest BCUT2D eigenvalue weighted by Gasteiger charge is 2.34. The molecule has 6 nitrogen and oxygen atoms in total. The summed E-state index contributed by atoms with van der Waals surface area (Å²) in [6.45, 7) is 33.5.